The number of carbonyl (C=O) groups excluding carboxylic acids is 1. The minimum atomic E-state index is -0.0830. The molecule has 0 atom stereocenters. The van der Waals surface area contributed by atoms with Crippen molar-refractivity contribution in [2.45, 2.75) is 51.6 Å². The van der Waals surface area contributed by atoms with Crippen molar-refractivity contribution in [3.05, 3.63) is 0 Å². The highest BCUT2D eigenvalue weighted by Crippen LogP contribution is 2.10. The summed E-state index contributed by atoms with van der Waals surface area (Å²) in [5.41, 5.74) is -0.0830. The van der Waals surface area contributed by atoms with Gasteiger partial charge in [-0.2, -0.15) is 0 Å². The summed E-state index contributed by atoms with van der Waals surface area (Å²) in [7, 11) is 2.01. The summed E-state index contributed by atoms with van der Waals surface area (Å²) in [6.07, 6.45) is 3.24. The fraction of sp³-hybridized carbons (Fsp3) is 0.923. The highest BCUT2D eigenvalue weighted by Gasteiger charge is 2.22. The molecular weight excluding hydrogens is 214 g/mol. The summed E-state index contributed by atoms with van der Waals surface area (Å²) in [4.78, 5) is 14.1. The van der Waals surface area contributed by atoms with Crippen LogP contribution in [0.25, 0.3) is 0 Å². The van der Waals surface area contributed by atoms with Crippen LogP contribution in [-0.2, 0) is 4.79 Å². The van der Waals surface area contributed by atoms with Gasteiger partial charge in [0.2, 0.25) is 5.91 Å². The van der Waals surface area contributed by atoms with E-state index in [0.717, 1.165) is 32.4 Å². The van der Waals surface area contributed by atoms with Gasteiger partial charge >= 0.3 is 0 Å². The first-order chi connectivity index (χ1) is 7.96. The molecule has 0 spiro atoms. The molecule has 0 saturated carbocycles. The Morgan fingerprint density at radius 2 is 1.94 bits per heavy atom. The Kier molecular flexibility index (Phi) is 5.40. The van der Waals surface area contributed by atoms with Crippen molar-refractivity contribution in [2.75, 3.05) is 26.7 Å². The highest BCUT2D eigenvalue weighted by atomic mass is 16.2. The van der Waals surface area contributed by atoms with E-state index in [4.69, 9.17) is 0 Å². The Labute approximate surface area is 105 Å². The third kappa shape index (κ3) is 5.04. The van der Waals surface area contributed by atoms with Crippen LogP contribution in [0.1, 0.15) is 40.0 Å². The average molecular weight is 241 g/mol. The van der Waals surface area contributed by atoms with E-state index in [9.17, 15) is 4.79 Å². The molecule has 1 aliphatic rings. The van der Waals surface area contributed by atoms with Crippen molar-refractivity contribution in [3.8, 4) is 0 Å². The normalized spacial score (nSPS) is 19.3. The molecule has 0 aliphatic carbocycles. The van der Waals surface area contributed by atoms with E-state index in [1.165, 1.54) is 0 Å². The second kappa shape index (κ2) is 6.36. The van der Waals surface area contributed by atoms with E-state index < -0.39 is 0 Å². The van der Waals surface area contributed by atoms with E-state index in [0.29, 0.717) is 12.6 Å². The SMILES string of the molecule is CCC(C)(C)NC(=O)CN1CCC(NC)CC1. The van der Waals surface area contributed by atoms with Crippen molar-refractivity contribution in [1.82, 2.24) is 15.5 Å². The predicted molar refractivity (Wildman–Crippen MR) is 71.0 cm³/mol. The van der Waals surface area contributed by atoms with Gasteiger partial charge in [0.15, 0.2) is 0 Å². The minimum absolute atomic E-state index is 0.0830. The zero-order valence-corrected chi connectivity index (χ0v) is 11.7. The second-order valence-corrected chi connectivity index (χ2v) is 5.62. The molecule has 1 amide bonds. The van der Waals surface area contributed by atoms with Crippen LogP contribution in [0, 0.1) is 0 Å². The van der Waals surface area contributed by atoms with Gasteiger partial charge in [0.05, 0.1) is 6.54 Å². The van der Waals surface area contributed by atoms with Gasteiger partial charge in [-0.05, 0) is 40.2 Å². The fourth-order valence-electron chi connectivity index (χ4n) is 2.09. The van der Waals surface area contributed by atoms with E-state index >= 15 is 0 Å². The molecule has 4 heteroatoms. The Bertz CT molecular complexity index is 245. The molecule has 0 aromatic carbocycles. The first-order valence-electron chi connectivity index (χ1n) is 6.67. The number of amides is 1. The van der Waals surface area contributed by atoms with Crippen molar-refractivity contribution in [2.24, 2.45) is 0 Å². The van der Waals surface area contributed by atoms with Gasteiger partial charge < -0.3 is 10.6 Å². The molecule has 0 aromatic rings. The number of nitrogens with zero attached hydrogens (tertiary/aromatic N) is 1. The van der Waals surface area contributed by atoms with Gasteiger partial charge in [-0.1, -0.05) is 6.92 Å². The van der Waals surface area contributed by atoms with Crippen LogP contribution in [-0.4, -0.2) is 49.1 Å². The van der Waals surface area contributed by atoms with Crippen molar-refractivity contribution in [3.63, 3.8) is 0 Å². The molecule has 1 fully saturated rings. The summed E-state index contributed by atoms with van der Waals surface area (Å²) in [5, 5.41) is 6.38. The van der Waals surface area contributed by atoms with Gasteiger partial charge in [0.1, 0.15) is 0 Å². The summed E-state index contributed by atoms with van der Waals surface area (Å²) in [5.74, 6) is 0.153. The zero-order valence-electron chi connectivity index (χ0n) is 11.7. The van der Waals surface area contributed by atoms with Crippen molar-refractivity contribution < 1.29 is 4.79 Å². The molecule has 1 saturated heterocycles. The van der Waals surface area contributed by atoms with E-state index in [2.05, 4.69) is 36.3 Å². The van der Waals surface area contributed by atoms with Gasteiger partial charge in [0, 0.05) is 24.7 Å². The van der Waals surface area contributed by atoms with Crippen molar-refractivity contribution >= 4 is 5.91 Å². The smallest absolute Gasteiger partial charge is 0.234 e. The molecule has 100 valence electrons. The number of rotatable bonds is 5. The summed E-state index contributed by atoms with van der Waals surface area (Å²) in [6.45, 7) is 8.81. The zero-order chi connectivity index (χ0) is 12.9. The van der Waals surface area contributed by atoms with Crippen molar-refractivity contribution in [1.29, 1.82) is 0 Å². The standard InChI is InChI=1S/C13H27N3O/c1-5-13(2,3)15-12(17)10-16-8-6-11(14-4)7-9-16/h11,14H,5-10H2,1-4H3,(H,15,17). The highest BCUT2D eigenvalue weighted by molar-refractivity contribution is 5.78. The topological polar surface area (TPSA) is 44.4 Å². The van der Waals surface area contributed by atoms with E-state index in [1.54, 1.807) is 0 Å². The minimum Gasteiger partial charge on any atom is -0.350 e. The molecule has 1 heterocycles. The molecular formula is C13H27N3O. The lowest BCUT2D eigenvalue weighted by Gasteiger charge is -2.32. The summed E-state index contributed by atoms with van der Waals surface area (Å²) >= 11 is 0. The molecule has 2 N–H and O–H groups in total. The lowest BCUT2D eigenvalue weighted by molar-refractivity contribution is -0.124. The number of hydrogen-bond donors (Lipinski definition) is 2. The molecule has 1 aliphatic heterocycles. The van der Waals surface area contributed by atoms with Crippen LogP contribution in [0.15, 0.2) is 0 Å². The maximum atomic E-state index is 11.9. The van der Waals surface area contributed by atoms with E-state index in [-0.39, 0.29) is 11.4 Å². The van der Waals surface area contributed by atoms with Gasteiger partial charge in [-0.15, -0.1) is 0 Å². The van der Waals surface area contributed by atoms with Gasteiger partial charge in [0.25, 0.3) is 0 Å². The number of likely N-dealkylation sites (tertiary alicyclic amines) is 1. The summed E-state index contributed by atoms with van der Waals surface area (Å²) < 4.78 is 0. The Hall–Kier alpha value is -0.610. The lowest BCUT2D eigenvalue weighted by Crippen LogP contribution is -2.49. The molecule has 4 nitrogen and oxygen atoms in total. The quantitative estimate of drug-likeness (QED) is 0.754. The van der Waals surface area contributed by atoms with Gasteiger partial charge in [-0.25, -0.2) is 0 Å². The number of piperidine rings is 1. The molecule has 0 bridgehead atoms. The Morgan fingerprint density at radius 3 is 2.41 bits per heavy atom. The molecule has 1 rings (SSSR count). The van der Waals surface area contributed by atoms with Gasteiger partial charge in [-0.3, -0.25) is 9.69 Å². The van der Waals surface area contributed by atoms with Crippen LogP contribution in [0.3, 0.4) is 0 Å². The largest absolute Gasteiger partial charge is 0.350 e. The third-order valence-corrected chi connectivity index (χ3v) is 3.72. The Balaban J connectivity index is 2.28. The number of hydrogen-bond acceptors (Lipinski definition) is 3. The van der Waals surface area contributed by atoms with Crippen LogP contribution in [0.4, 0.5) is 0 Å². The maximum Gasteiger partial charge on any atom is 0.234 e. The average Bonchev–Trinajstić information content (AvgIpc) is 2.29. The lowest BCUT2D eigenvalue weighted by atomic mass is 10.0. The monoisotopic (exact) mass is 241 g/mol. The molecule has 17 heavy (non-hydrogen) atoms. The van der Waals surface area contributed by atoms with Crippen LogP contribution >= 0.6 is 0 Å². The van der Waals surface area contributed by atoms with Crippen LogP contribution in [0.2, 0.25) is 0 Å². The summed E-state index contributed by atoms with van der Waals surface area (Å²) in [6, 6.07) is 0.626. The van der Waals surface area contributed by atoms with E-state index in [1.807, 2.05) is 7.05 Å². The molecule has 0 unspecified atom stereocenters. The van der Waals surface area contributed by atoms with Crippen LogP contribution in [0.5, 0.6) is 0 Å². The number of carbonyl (C=O) groups is 1. The number of nitrogens with one attached hydrogen (secondary N) is 2. The second-order valence-electron chi connectivity index (χ2n) is 5.62. The Morgan fingerprint density at radius 1 is 1.35 bits per heavy atom. The first-order valence-corrected chi connectivity index (χ1v) is 6.67. The fourth-order valence-corrected chi connectivity index (χ4v) is 2.09. The third-order valence-electron chi connectivity index (χ3n) is 3.72. The predicted octanol–water partition coefficient (Wildman–Crippen LogP) is 0.975. The first kappa shape index (κ1) is 14.5. The van der Waals surface area contributed by atoms with Crippen LogP contribution < -0.4 is 10.6 Å². The molecule has 0 aromatic heterocycles. The maximum absolute atomic E-state index is 11.9. The molecule has 0 radical (unpaired) electrons.